The number of azide groups is 1. The molecule has 3 heterocycles. The van der Waals surface area contributed by atoms with Crippen molar-refractivity contribution in [3.05, 3.63) is 23.0 Å². The number of imidazole rings is 1. The third-order valence-electron chi connectivity index (χ3n) is 3.18. The molecule has 0 saturated carbocycles. The molecule has 1 saturated heterocycles. The standard InChI is InChI=1S/C10H12N8O2/c11-10-13-2-7-8(15-10)18(4-14-7)9-6(16-17-12)1-5(3-19)20-9/h2,4-6,9,19H,1,3H2,(H2,11,13,15)/t5-,6+,9+/m1/s1. The maximum Gasteiger partial charge on any atom is 0.222 e. The molecule has 3 atom stereocenters. The summed E-state index contributed by atoms with van der Waals surface area (Å²) in [7, 11) is 0. The second-order valence-electron chi connectivity index (χ2n) is 4.43. The van der Waals surface area contributed by atoms with Crippen molar-refractivity contribution in [1.29, 1.82) is 0 Å². The van der Waals surface area contributed by atoms with Crippen molar-refractivity contribution in [2.45, 2.75) is 24.8 Å². The summed E-state index contributed by atoms with van der Waals surface area (Å²) in [6.07, 6.45) is 2.53. The van der Waals surface area contributed by atoms with E-state index in [-0.39, 0.29) is 18.7 Å². The number of anilines is 1. The maximum atomic E-state index is 9.19. The van der Waals surface area contributed by atoms with E-state index in [1.54, 1.807) is 4.57 Å². The molecule has 1 aliphatic heterocycles. The van der Waals surface area contributed by atoms with E-state index in [1.807, 2.05) is 0 Å². The number of nitrogens with two attached hydrogens (primary N) is 1. The number of nitrogens with zero attached hydrogens (tertiary/aromatic N) is 7. The molecule has 0 radical (unpaired) electrons. The van der Waals surface area contributed by atoms with Gasteiger partial charge in [-0.3, -0.25) is 4.57 Å². The number of rotatable bonds is 3. The first kappa shape index (κ1) is 12.6. The monoisotopic (exact) mass is 276 g/mol. The number of ether oxygens (including phenoxy) is 1. The van der Waals surface area contributed by atoms with Gasteiger partial charge in [0.25, 0.3) is 0 Å². The lowest BCUT2D eigenvalue weighted by molar-refractivity contribution is -0.0238. The first-order valence-electron chi connectivity index (χ1n) is 5.98. The van der Waals surface area contributed by atoms with E-state index in [1.165, 1.54) is 12.5 Å². The summed E-state index contributed by atoms with van der Waals surface area (Å²) in [4.78, 5) is 14.9. The van der Waals surface area contributed by atoms with E-state index in [9.17, 15) is 5.11 Å². The van der Waals surface area contributed by atoms with Crippen molar-refractivity contribution in [3.8, 4) is 0 Å². The Kier molecular flexibility index (Phi) is 3.11. The van der Waals surface area contributed by atoms with Gasteiger partial charge < -0.3 is 15.6 Å². The topological polar surface area (TPSA) is 148 Å². The van der Waals surface area contributed by atoms with Crippen LogP contribution < -0.4 is 5.73 Å². The van der Waals surface area contributed by atoms with E-state index in [2.05, 4.69) is 25.0 Å². The highest BCUT2D eigenvalue weighted by Crippen LogP contribution is 2.33. The first-order chi connectivity index (χ1) is 9.72. The minimum Gasteiger partial charge on any atom is -0.394 e. The molecule has 3 N–H and O–H groups in total. The molecule has 1 fully saturated rings. The lowest BCUT2D eigenvalue weighted by atomic mass is 10.2. The molecule has 0 aromatic carbocycles. The Morgan fingerprint density at radius 3 is 3.20 bits per heavy atom. The van der Waals surface area contributed by atoms with Crippen LogP contribution in [0, 0.1) is 0 Å². The third-order valence-corrected chi connectivity index (χ3v) is 3.18. The number of aromatic nitrogens is 4. The highest BCUT2D eigenvalue weighted by molar-refractivity contribution is 5.70. The van der Waals surface area contributed by atoms with Crippen molar-refractivity contribution in [2.75, 3.05) is 12.3 Å². The van der Waals surface area contributed by atoms with Gasteiger partial charge in [0.15, 0.2) is 5.65 Å². The predicted molar refractivity (Wildman–Crippen MR) is 68.3 cm³/mol. The minimum absolute atomic E-state index is 0.122. The minimum atomic E-state index is -0.567. The van der Waals surface area contributed by atoms with Gasteiger partial charge in [-0.25, -0.2) is 9.97 Å². The van der Waals surface area contributed by atoms with E-state index in [0.717, 1.165) is 0 Å². The van der Waals surface area contributed by atoms with Gasteiger partial charge in [0.1, 0.15) is 11.7 Å². The Hall–Kier alpha value is -2.42. The smallest absolute Gasteiger partial charge is 0.222 e. The van der Waals surface area contributed by atoms with Crippen LogP contribution in [-0.2, 0) is 4.74 Å². The van der Waals surface area contributed by atoms with Gasteiger partial charge in [-0.05, 0) is 12.0 Å². The lowest BCUT2D eigenvalue weighted by Crippen LogP contribution is -2.18. The normalized spacial score (nSPS) is 25.8. The molecular weight excluding hydrogens is 264 g/mol. The molecule has 0 amide bonds. The van der Waals surface area contributed by atoms with Crippen molar-refractivity contribution >= 4 is 17.1 Å². The summed E-state index contributed by atoms with van der Waals surface area (Å²) in [6.45, 7) is -0.141. The zero-order chi connectivity index (χ0) is 14.1. The average molecular weight is 276 g/mol. The van der Waals surface area contributed by atoms with Crippen LogP contribution in [0.3, 0.4) is 0 Å². The number of aliphatic hydroxyl groups excluding tert-OH is 1. The highest BCUT2D eigenvalue weighted by Gasteiger charge is 2.36. The van der Waals surface area contributed by atoms with Gasteiger partial charge in [0.2, 0.25) is 5.95 Å². The predicted octanol–water partition coefficient (Wildman–Crippen LogP) is 0.367. The molecule has 1 aliphatic rings. The number of aliphatic hydroxyl groups is 1. The molecule has 0 spiro atoms. The zero-order valence-electron chi connectivity index (χ0n) is 10.4. The maximum absolute atomic E-state index is 9.19. The van der Waals surface area contributed by atoms with Crippen LogP contribution in [0.1, 0.15) is 12.6 Å². The number of hydrogen-bond acceptors (Lipinski definition) is 7. The Morgan fingerprint density at radius 2 is 2.45 bits per heavy atom. The molecule has 0 bridgehead atoms. The molecule has 104 valence electrons. The molecule has 0 unspecified atom stereocenters. The largest absolute Gasteiger partial charge is 0.394 e. The second kappa shape index (κ2) is 4.93. The number of fused-ring (bicyclic) bond motifs is 1. The third kappa shape index (κ3) is 2.01. The van der Waals surface area contributed by atoms with Crippen LogP contribution in [0.25, 0.3) is 21.6 Å². The van der Waals surface area contributed by atoms with Gasteiger partial charge in [0, 0.05) is 4.91 Å². The van der Waals surface area contributed by atoms with Crippen LogP contribution in [0.5, 0.6) is 0 Å². The van der Waals surface area contributed by atoms with Crippen LogP contribution in [0.4, 0.5) is 5.95 Å². The Labute approximate surface area is 112 Å². The summed E-state index contributed by atoms with van der Waals surface area (Å²) in [5.41, 5.74) is 15.3. The molecule has 0 aliphatic carbocycles. The lowest BCUT2D eigenvalue weighted by Gasteiger charge is -2.16. The van der Waals surface area contributed by atoms with Gasteiger partial charge in [-0.2, -0.15) is 4.98 Å². The Bertz CT molecular complexity index is 679. The summed E-state index contributed by atoms with van der Waals surface area (Å²) < 4.78 is 7.32. The van der Waals surface area contributed by atoms with Crippen molar-refractivity contribution in [3.63, 3.8) is 0 Å². The van der Waals surface area contributed by atoms with E-state index in [0.29, 0.717) is 17.6 Å². The van der Waals surface area contributed by atoms with Gasteiger partial charge in [0.05, 0.1) is 31.3 Å². The summed E-state index contributed by atoms with van der Waals surface area (Å²) in [5, 5.41) is 12.9. The quantitative estimate of drug-likeness (QED) is 0.470. The van der Waals surface area contributed by atoms with E-state index < -0.39 is 12.3 Å². The Balaban J connectivity index is 2.04. The molecule has 3 rings (SSSR count). The van der Waals surface area contributed by atoms with E-state index >= 15 is 0 Å². The van der Waals surface area contributed by atoms with Crippen LogP contribution >= 0.6 is 0 Å². The van der Waals surface area contributed by atoms with E-state index in [4.69, 9.17) is 16.0 Å². The second-order valence-corrected chi connectivity index (χ2v) is 4.43. The van der Waals surface area contributed by atoms with Crippen LogP contribution in [-0.4, -0.2) is 43.4 Å². The molecule has 2 aromatic rings. The molecular formula is C10H12N8O2. The van der Waals surface area contributed by atoms with Crippen molar-refractivity contribution in [1.82, 2.24) is 19.5 Å². The Morgan fingerprint density at radius 1 is 1.60 bits per heavy atom. The fourth-order valence-corrected chi connectivity index (χ4v) is 2.29. The van der Waals surface area contributed by atoms with Gasteiger partial charge in [-0.15, -0.1) is 0 Å². The summed E-state index contributed by atoms with van der Waals surface area (Å²) >= 11 is 0. The molecule has 10 nitrogen and oxygen atoms in total. The number of nitrogen functional groups attached to an aromatic ring is 1. The SMILES string of the molecule is [N-]=[N+]=N[C@H]1C[C@H](CO)O[C@@H]1n1cnc2cnc(N)nc21. The highest BCUT2D eigenvalue weighted by atomic mass is 16.5. The molecule has 10 heteroatoms. The number of hydrogen-bond donors (Lipinski definition) is 2. The zero-order valence-corrected chi connectivity index (χ0v) is 10.4. The van der Waals surface area contributed by atoms with Crippen molar-refractivity contribution < 1.29 is 9.84 Å². The first-order valence-corrected chi connectivity index (χ1v) is 5.98. The fourth-order valence-electron chi connectivity index (χ4n) is 2.29. The van der Waals surface area contributed by atoms with Crippen LogP contribution in [0.15, 0.2) is 17.6 Å². The fraction of sp³-hybridized carbons (Fsp3) is 0.500. The summed E-state index contributed by atoms with van der Waals surface area (Å²) in [5.74, 6) is 0.122. The summed E-state index contributed by atoms with van der Waals surface area (Å²) in [6, 6.07) is -0.439. The van der Waals surface area contributed by atoms with Gasteiger partial charge >= 0.3 is 0 Å². The van der Waals surface area contributed by atoms with Crippen molar-refractivity contribution in [2.24, 2.45) is 5.11 Å². The average Bonchev–Trinajstić information content (AvgIpc) is 3.02. The molecule has 2 aromatic heterocycles. The molecule has 20 heavy (non-hydrogen) atoms. The van der Waals surface area contributed by atoms with Gasteiger partial charge in [-0.1, -0.05) is 5.11 Å². The van der Waals surface area contributed by atoms with Crippen LogP contribution in [0.2, 0.25) is 0 Å².